The van der Waals surface area contributed by atoms with Crippen LogP contribution >= 0.6 is 0 Å². The van der Waals surface area contributed by atoms with Crippen molar-refractivity contribution in [1.82, 2.24) is 10.2 Å². The van der Waals surface area contributed by atoms with Crippen LogP contribution in [0.15, 0.2) is 0 Å². The van der Waals surface area contributed by atoms with Gasteiger partial charge in [-0.25, -0.2) is 4.79 Å². The van der Waals surface area contributed by atoms with Crippen LogP contribution in [0.5, 0.6) is 0 Å². The Hall–Kier alpha value is -1.30. The minimum absolute atomic E-state index is 0.187. The summed E-state index contributed by atoms with van der Waals surface area (Å²) in [5, 5.41) is 12.4. The number of carboxylic acid groups (broad SMARTS) is 1. The highest BCUT2D eigenvalue weighted by atomic mass is 16.6. The standard InChI is InChI=1S/C13H22N2O4/c1-2-19-13(18)15-7-5-10(6-8-15)14-11(12(16)17)9-3-4-9/h9-11,14H,2-8H2,1H3,(H,16,17). The van der Waals surface area contributed by atoms with Gasteiger partial charge in [-0.15, -0.1) is 0 Å². The third-order valence-corrected chi connectivity index (χ3v) is 3.80. The SMILES string of the molecule is CCOC(=O)N1CCC(NC(C(=O)O)C2CC2)CC1. The lowest BCUT2D eigenvalue weighted by Crippen LogP contribution is -2.50. The first kappa shape index (κ1) is 14.1. The number of aliphatic carboxylic acids is 1. The Labute approximate surface area is 113 Å². The fraction of sp³-hybridized carbons (Fsp3) is 0.846. The Morgan fingerprint density at radius 2 is 1.95 bits per heavy atom. The normalized spacial score (nSPS) is 22.1. The highest BCUT2D eigenvalue weighted by Crippen LogP contribution is 2.33. The Morgan fingerprint density at radius 1 is 1.32 bits per heavy atom. The molecule has 1 heterocycles. The number of likely N-dealkylation sites (tertiary alicyclic amines) is 1. The summed E-state index contributed by atoms with van der Waals surface area (Å²) in [7, 11) is 0. The zero-order valence-corrected chi connectivity index (χ0v) is 11.3. The van der Waals surface area contributed by atoms with Crippen LogP contribution in [-0.2, 0) is 9.53 Å². The maximum atomic E-state index is 11.5. The van der Waals surface area contributed by atoms with Crippen molar-refractivity contribution in [2.45, 2.75) is 44.7 Å². The summed E-state index contributed by atoms with van der Waals surface area (Å²) in [6, 6.07) is -0.230. The molecule has 1 saturated heterocycles. The van der Waals surface area contributed by atoms with E-state index in [2.05, 4.69) is 5.32 Å². The second-order valence-corrected chi connectivity index (χ2v) is 5.28. The van der Waals surface area contributed by atoms with Crippen molar-refractivity contribution in [3.63, 3.8) is 0 Å². The number of ether oxygens (including phenoxy) is 1. The fourth-order valence-electron chi connectivity index (χ4n) is 2.54. The molecule has 1 aliphatic carbocycles. The summed E-state index contributed by atoms with van der Waals surface area (Å²) in [5.74, 6) is -0.462. The molecule has 0 aromatic heterocycles. The third kappa shape index (κ3) is 3.83. The van der Waals surface area contributed by atoms with E-state index in [9.17, 15) is 14.7 Å². The van der Waals surface area contributed by atoms with E-state index in [0.29, 0.717) is 25.6 Å². The quantitative estimate of drug-likeness (QED) is 0.781. The molecule has 1 atom stereocenters. The molecule has 0 aromatic rings. The van der Waals surface area contributed by atoms with Crippen molar-refractivity contribution in [2.24, 2.45) is 5.92 Å². The lowest BCUT2D eigenvalue weighted by Gasteiger charge is -2.33. The monoisotopic (exact) mass is 270 g/mol. The molecule has 1 aliphatic heterocycles. The van der Waals surface area contributed by atoms with Crippen molar-refractivity contribution in [2.75, 3.05) is 19.7 Å². The van der Waals surface area contributed by atoms with E-state index in [-0.39, 0.29) is 12.1 Å². The molecule has 1 saturated carbocycles. The van der Waals surface area contributed by atoms with E-state index in [0.717, 1.165) is 25.7 Å². The molecule has 2 aliphatic rings. The van der Waals surface area contributed by atoms with Gasteiger partial charge in [0.1, 0.15) is 6.04 Å². The first-order valence-electron chi connectivity index (χ1n) is 7.02. The predicted molar refractivity (Wildman–Crippen MR) is 68.9 cm³/mol. The van der Waals surface area contributed by atoms with Crippen molar-refractivity contribution in [3.8, 4) is 0 Å². The molecule has 19 heavy (non-hydrogen) atoms. The summed E-state index contributed by atoms with van der Waals surface area (Å²) in [4.78, 5) is 24.4. The minimum Gasteiger partial charge on any atom is -0.480 e. The summed E-state index contributed by atoms with van der Waals surface area (Å²) < 4.78 is 4.96. The highest BCUT2D eigenvalue weighted by molar-refractivity contribution is 5.74. The van der Waals surface area contributed by atoms with Crippen molar-refractivity contribution >= 4 is 12.1 Å². The first-order valence-corrected chi connectivity index (χ1v) is 7.02. The molecule has 1 unspecified atom stereocenters. The van der Waals surface area contributed by atoms with Gasteiger partial charge in [0.25, 0.3) is 0 Å². The molecule has 6 heteroatoms. The van der Waals surface area contributed by atoms with Crippen LogP contribution in [0.25, 0.3) is 0 Å². The number of nitrogens with one attached hydrogen (secondary N) is 1. The van der Waals surface area contributed by atoms with Crippen LogP contribution in [0.4, 0.5) is 4.79 Å². The molecule has 2 N–H and O–H groups in total. The maximum Gasteiger partial charge on any atom is 0.409 e. The Morgan fingerprint density at radius 3 is 2.42 bits per heavy atom. The second kappa shape index (κ2) is 6.23. The van der Waals surface area contributed by atoms with Gasteiger partial charge in [-0.3, -0.25) is 4.79 Å². The van der Waals surface area contributed by atoms with Crippen LogP contribution in [0.2, 0.25) is 0 Å². The van der Waals surface area contributed by atoms with Crippen molar-refractivity contribution in [1.29, 1.82) is 0 Å². The van der Waals surface area contributed by atoms with Crippen LogP contribution in [0.3, 0.4) is 0 Å². The Kier molecular flexibility index (Phi) is 4.63. The largest absolute Gasteiger partial charge is 0.480 e. The zero-order chi connectivity index (χ0) is 13.8. The van der Waals surface area contributed by atoms with Crippen LogP contribution in [-0.4, -0.2) is 53.8 Å². The molecule has 0 radical (unpaired) electrons. The molecule has 2 fully saturated rings. The number of piperidine rings is 1. The fourth-order valence-corrected chi connectivity index (χ4v) is 2.54. The van der Waals surface area contributed by atoms with E-state index in [1.54, 1.807) is 11.8 Å². The van der Waals surface area contributed by atoms with Gasteiger partial charge in [0.05, 0.1) is 6.61 Å². The van der Waals surface area contributed by atoms with Crippen molar-refractivity contribution < 1.29 is 19.4 Å². The van der Waals surface area contributed by atoms with E-state index < -0.39 is 12.0 Å². The molecular weight excluding hydrogens is 248 g/mol. The number of nitrogens with zero attached hydrogens (tertiary/aromatic N) is 1. The average Bonchev–Trinajstić information content (AvgIpc) is 3.21. The van der Waals surface area contributed by atoms with Crippen LogP contribution in [0, 0.1) is 5.92 Å². The summed E-state index contributed by atoms with van der Waals surface area (Å²) >= 11 is 0. The topological polar surface area (TPSA) is 78.9 Å². The van der Waals surface area contributed by atoms with Gasteiger partial charge in [0, 0.05) is 19.1 Å². The Balaban J connectivity index is 1.76. The van der Waals surface area contributed by atoms with Crippen molar-refractivity contribution in [3.05, 3.63) is 0 Å². The number of carbonyl (C=O) groups excluding carboxylic acids is 1. The van der Waals surface area contributed by atoms with Gasteiger partial charge < -0.3 is 20.1 Å². The van der Waals surface area contributed by atoms with E-state index in [1.807, 2.05) is 0 Å². The van der Waals surface area contributed by atoms with E-state index in [4.69, 9.17) is 4.74 Å². The highest BCUT2D eigenvalue weighted by Gasteiger charge is 2.38. The van der Waals surface area contributed by atoms with Gasteiger partial charge in [-0.2, -0.15) is 0 Å². The van der Waals surface area contributed by atoms with Crippen LogP contribution < -0.4 is 5.32 Å². The first-order chi connectivity index (χ1) is 9.11. The molecular formula is C13H22N2O4. The van der Waals surface area contributed by atoms with E-state index in [1.165, 1.54) is 0 Å². The summed E-state index contributed by atoms with van der Waals surface area (Å²) in [5.41, 5.74) is 0. The number of amides is 1. The van der Waals surface area contributed by atoms with Crippen LogP contribution in [0.1, 0.15) is 32.6 Å². The number of rotatable bonds is 5. The average molecular weight is 270 g/mol. The number of carbonyl (C=O) groups is 2. The van der Waals surface area contributed by atoms with Gasteiger partial charge >= 0.3 is 12.1 Å². The number of hydrogen-bond donors (Lipinski definition) is 2. The van der Waals surface area contributed by atoms with Gasteiger partial charge in [-0.05, 0) is 38.5 Å². The molecule has 2 rings (SSSR count). The molecule has 0 bridgehead atoms. The predicted octanol–water partition coefficient (Wildman–Crippen LogP) is 1.06. The molecule has 0 aromatic carbocycles. The lowest BCUT2D eigenvalue weighted by atomic mass is 10.0. The maximum absolute atomic E-state index is 11.5. The van der Waals surface area contributed by atoms with E-state index >= 15 is 0 Å². The minimum atomic E-state index is -0.754. The number of hydrogen-bond acceptors (Lipinski definition) is 4. The summed E-state index contributed by atoms with van der Waals surface area (Å²) in [6.07, 6.45) is 3.32. The molecule has 108 valence electrons. The molecule has 6 nitrogen and oxygen atoms in total. The third-order valence-electron chi connectivity index (χ3n) is 3.80. The molecule has 0 spiro atoms. The Bertz CT molecular complexity index is 336. The van der Waals surface area contributed by atoms with Gasteiger partial charge in [0.2, 0.25) is 0 Å². The number of carboxylic acids is 1. The lowest BCUT2D eigenvalue weighted by molar-refractivity contribution is -0.140. The van der Waals surface area contributed by atoms with Gasteiger partial charge in [0.15, 0.2) is 0 Å². The molecule has 1 amide bonds. The van der Waals surface area contributed by atoms with Gasteiger partial charge in [-0.1, -0.05) is 0 Å². The zero-order valence-electron chi connectivity index (χ0n) is 11.3. The second-order valence-electron chi connectivity index (χ2n) is 5.28. The summed E-state index contributed by atoms with van der Waals surface area (Å²) in [6.45, 7) is 3.44. The smallest absolute Gasteiger partial charge is 0.409 e.